The number of nitrogens with zero attached hydrogens (tertiary/aromatic N) is 3. The highest BCUT2D eigenvalue weighted by atomic mass is 35.5. The standard InChI is InChI=1S/C15H14ClN3O/c1-9(20)11-5-6-17-8-12(11)15-18-13-4-3-10(16)7-14(13)19(15)2/h3-9,20H,1-2H3. The maximum Gasteiger partial charge on any atom is 0.142 e. The summed E-state index contributed by atoms with van der Waals surface area (Å²) < 4.78 is 1.96. The third-order valence-electron chi connectivity index (χ3n) is 3.39. The molecule has 0 saturated carbocycles. The van der Waals surface area contributed by atoms with Crippen LogP contribution in [-0.2, 0) is 7.05 Å². The third-order valence-corrected chi connectivity index (χ3v) is 3.62. The Hall–Kier alpha value is -1.91. The van der Waals surface area contributed by atoms with E-state index in [0.717, 1.165) is 28.0 Å². The van der Waals surface area contributed by atoms with Crippen molar-refractivity contribution >= 4 is 22.6 Å². The van der Waals surface area contributed by atoms with Crippen LogP contribution in [0.25, 0.3) is 22.4 Å². The molecule has 0 aliphatic rings. The Bertz CT molecular complexity index is 780. The minimum atomic E-state index is -0.573. The van der Waals surface area contributed by atoms with Gasteiger partial charge in [0, 0.05) is 30.0 Å². The lowest BCUT2D eigenvalue weighted by Gasteiger charge is -2.11. The zero-order valence-electron chi connectivity index (χ0n) is 11.2. The molecule has 0 aliphatic heterocycles. The molecule has 0 saturated heterocycles. The Balaban J connectivity index is 2.28. The van der Waals surface area contributed by atoms with Gasteiger partial charge in [-0.2, -0.15) is 0 Å². The summed E-state index contributed by atoms with van der Waals surface area (Å²) in [5.74, 6) is 0.770. The quantitative estimate of drug-likeness (QED) is 0.786. The van der Waals surface area contributed by atoms with E-state index in [9.17, 15) is 5.11 Å². The summed E-state index contributed by atoms with van der Waals surface area (Å²) in [6.45, 7) is 1.73. The molecule has 102 valence electrons. The number of fused-ring (bicyclic) bond motifs is 1. The van der Waals surface area contributed by atoms with Gasteiger partial charge in [-0.05, 0) is 36.8 Å². The Morgan fingerprint density at radius 2 is 2.10 bits per heavy atom. The number of pyridine rings is 1. The number of aromatic nitrogens is 3. The largest absolute Gasteiger partial charge is 0.389 e. The summed E-state index contributed by atoms with van der Waals surface area (Å²) in [7, 11) is 1.93. The molecule has 1 aromatic carbocycles. The van der Waals surface area contributed by atoms with E-state index in [1.54, 1.807) is 19.3 Å². The van der Waals surface area contributed by atoms with Gasteiger partial charge in [0.1, 0.15) is 5.82 Å². The van der Waals surface area contributed by atoms with Gasteiger partial charge in [0.05, 0.1) is 17.1 Å². The molecule has 3 aromatic rings. The molecule has 0 radical (unpaired) electrons. The molecule has 5 heteroatoms. The van der Waals surface area contributed by atoms with E-state index in [0.29, 0.717) is 5.02 Å². The van der Waals surface area contributed by atoms with Crippen LogP contribution < -0.4 is 0 Å². The Kier molecular flexibility index (Phi) is 3.20. The summed E-state index contributed by atoms with van der Waals surface area (Å²) in [5, 5.41) is 10.6. The van der Waals surface area contributed by atoms with Crippen molar-refractivity contribution in [1.29, 1.82) is 0 Å². The number of halogens is 1. The van der Waals surface area contributed by atoms with Gasteiger partial charge in [0.15, 0.2) is 0 Å². The number of imidazole rings is 1. The Labute approximate surface area is 121 Å². The summed E-state index contributed by atoms with van der Waals surface area (Å²) in [6.07, 6.45) is 2.83. The van der Waals surface area contributed by atoms with Gasteiger partial charge < -0.3 is 9.67 Å². The molecule has 0 aliphatic carbocycles. The number of benzene rings is 1. The molecule has 0 fully saturated rings. The van der Waals surface area contributed by atoms with Gasteiger partial charge >= 0.3 is 0 Å². The molecule has 20 heavy (non-hydrogen) atoms. The van der Waals surface area contributed by atoms with Crippen LogP contribution in [0.1, 0.15) is 18.6 Å². The van der Waals surface area contributed by atoms with E-state index in [-0.39, 0.29) is 0 Å². The van der Waals surface area contributed by atoms with Crippen molar-refractivity contribution in [3.8, 4) is 11.4 Å². The summed E-state index contributed by atoms with van der Waals surface area (Å²) in [6, 6.07) is 7.40. The van der Waals surface area contributed by atoms with Crippen LogP contribution >= 0.6 is 11.6 Å². The van der Waals surface area contributed by atoms with Gasteiger partial charge in [0.2, 0.25) is 0 Å². The minimum Gasteiger partial charge on any atom is -0.389 e. The number of hydrogen-bond acceptors (Lipinski definition) is 3. The number of hydrogen-bond donors (Lipinski definition) is 1. The second-order valence-corrected chi connectivity index (χ2v) is 5.20. The fourth-order valence-corrected chi connectivity index (χ4v) is 2.53. The van der Waals surface area contributed by atoms with E-state index in [4.69, 9.17) is 11.6 Å². The first-order chi connectivity index (χ1) is 9.58. The molecule has 2 aromatic heterocycles. The second-order valence-electron chi connectivity index (χ2n) is 4.77. The van der Waals surface area contributed by atoms with Gasteiger partial charge in [-0.1, -0.05) is 11.6 Å². The minimum absolute atomic E-state index is 0.573. The predicted molar refractivity (Wildman–Crippen MR) is 79.6 cm³/mol. The molecule has 0 spiro atoms. The average molecular weight is 288 g/mol. The zero-order valence-corrected chi connectivity index (χ0v) is 12.0. The highest BCUT2D eigenvalue weighted by Gasteiger charge is 2.16. The van der Waals surface area contributed by atoms with Crippen molar-refractivity contribution in [2.75, 3.05) is 0 Å². The van der Waals surface area contributed by atoms with Crippen LogP contribution in [0, 0.1) is 0 Å². The van der Waals surface area contributed by atoms with Gasteiger partial charge in [-0.15, -0.1) is 0 Å². The predicted octanol–water partition coefficient (Wildman–Crippen LogP) is 3.34. The molecule has 1 N–H and O–H groups in total. The van der Waals surface area contributed by atoms with Crippen molar-refractivity contribution in [1.82, 2.24) is 14.5 Å². The van der Waals surface area contributed by atoms with E-state index >= 15 is 0 Å². The van der Waals surface area contributed by atoms with Crippen LogP contribution in [-0.4, -0.2) is 19.6 Å². The number of rotatable bonds is 2. The highest BCUT2D eigenvalue weighted by Crippen LogP contribution is 2.29. The van der Waals surface area contributed by atoms with Crippen LogP contribution in [0.3, 0.4) is 0 Å². The molecule has 3 rings (SSSR count). The van der Waals surface area contributed by atoms with Crippen molar-refractivity contribution < 1.29 is 5.11 Å². The lowest BCUT2D eigenvalue weighted by Crippen LogP contribution is -2.00. The smallest absolute Gasteiger partial charge is 0.142 e. The van der Waals surface area contributed by atoms with E-state index < -0.39 is 6.10 Å². The number of aliphatic hydroxyl groups excluding tert-OH is 1. The fraction of sp³-hybridized carbons (Fsp3) is 0.200. The van der Waals surface area contributed by atoms with E-state index in [2.05, 4.69) is 9.97 Å². The third kappa shape index (κ3) is 2.07. The van der Waals surface area contributed by atoms with Crippen molar-refractivity contribution in [2.45, 2.75) is 13.0 Å². The molecule has 1 unspecified atom stereocenters. The molecular formula is C15H14ClN3O. The molecule has 1 atom stereocenters. The van der Waals surface area contributed by atoms with Crippen molar-refractivity contribution in [3.05, 3.63) is 47.2 Å². The van der Waals surface area contributed by atoms with Crippen LogP contribution in [0.4, 0.5) is 0 Å². The first kappa shape index (κ1) is 13.1. The molecule has 2 heterocycles. The fourth-order valence-electron chi connectivity index (χ4n) is 2.36. The Morgan fingerprint density at radius 1 is 1.30 bits per heavy atom. The van der Waals surface area contributed by atoms with Crippen LogP contribution in [0.2, 0.25) is 5.02 Å². The molecule has 0 bridgehead atoms. The normalized spacial score (nSPS) is 12.8. The zero-order chi connectivity index (χ0) is 14.3. The van der Waals surface area contributed by atoms with Crippen molar-refractivity contribution in [3.63, 3.8) is 0 Å². The van der Waals surface area contributed by atoms with Gasteiger partial charge in [-0.3, -0.25) is 4.98 Å². The molecule has 0 amide bonds. The topological polar surface area (TPSA) is 50.9 Å². The molecule has 4 nitrogen and oxygen atoms in total. The average Bonchev–Trinajstić information content (AvgIpc) is 2.76. The van der Waals surface area contributed by atoms with E-state index in [1.807, 2.05) is 35.9 Å². The monoisotopic (exact) mass is 287 g/mol. The van der Waals surface area contributed by atoms with Crippen LogP contribution in [0.15, 0.2) is 36.7 Å². The van der Waals surface area contributed by atoms with Gasteiger partial charge in [0.25, 0.3) is 0 Å². The number of aryl methyl sites for hydroxylation is 1. The lowest BCUT2D eigenvalue weighted by atomic mass is 10.1. The SMILES string of the molecule is CC(O)c1ccncc1-c1nc2ccc(Cl)cc2n1C. The first-order valence-electron chi connectivity index (χ1n) is 6.32. The second kappa shape index (κ2) is 4.89. The van der Waals surface area contributed by atoms with Gasteiger partial charge in [-0.25, -0.2) is 4.98 Å². The summed E-state index contributed by atoms with van der Waals surface area (Å²) >= 11 is 6.03. The van der Waals surface area contributed by atoms with E-state index in [1.165, 1.54) is 0 Å². The summed E-state index contributed by atoms with van der Waals surface area (Å²) in [4.78, 5) is 8.76. The first-order valence-corrected chi connectivity index (χ1v) is 6.70. The summed E-state index contributed by atoms with van der Waals surface area (Å²) in [5.41, 5.74) is 3.46. The Morgan fingerprint density at radius 3 is 2.85 bits per heavy atom. The lowest BCUT2D eigenvalue weighted by molar-refractivity contribution is 0.199. The molecular weight excluding hydrogens is 274 g/mol. The van der Waals surface area contributed by atoms with Crippen molar-refractivity contribution in [2.24, 2.45) is 7.05 Å². The maximum absolute atomic E-state index is 9.89. The highest BCUT2D eigenvalue weighted by molar-refractivity contribution is 6.31. The van der Waals surface area contributed by atoms with Crippen LogP contribution in [0.5, 0.6) is 0 Å². The number of aliphatic hydroxyl groups is 1. The maximum atomic E-state index is 9.89.